The second kappa shape index (κ2) is 10.2. The van der Waals surface area contributed by atoms with E-state index < -0.39 is 0 Å². The van der Waals surface area contributed by atoms with Crippen molar-refractivity contribution in [3.63, 3.8) is 0 Å². The predicted molar refractivity (Wildman–Crippen MR) is 83.1 cm³/mol. The number of hydrogen-bond acceptors (Lipinski definition) is 4. The van der Waals surface area contributed by atoms with Gasteiger partial charge in [-0.1, -0.05) is 13.3 Å². The molecule has 0 bridgehead atoms. The highest BCUT2D eigenvalue weighted by atomic mass is 16.5. The molecule has 2 amide bonds. The predicted octanol–water partition coefficient (Wildman–Crippen LogP) is 1.63. The third-order valence-electron chi connectivity index (χ3n) is 3.82. The van der Waals surface area contributed by atoms with Gasteiger partial charge in [-0.3, -0.25) is 14.4 Å². The van der Waals surface area contributed by atoms with Gasteiger partial charge in [-0.2, -0.15) is 0 Å². The molecule has 126 valence electrons. The summed E-state index contributed by atoms with van der Waals surface area (Å²) in [4.78, 5) is 36.8. The van der Waals surface area contributed by atoms with Gasteiger partial charge in [0.1, 0.15) is 0 Å². The minimum Gasteiger partial charge on any atom is -0.466 e. The molecular formula is C16H28N2O4. The second-order valence-electron chi connectivity index (χ2n) is 5.63. The highest BCUT2D eigenvalue weighted by Crippen LogP contribution is 2.13. The smallest absolute Gasteiger partial charge is 0.306 e. The Kier molecular flexibility index (Phi) is 8.55. The van der Waals surface area contributed by atoms with Gasteiger partial charge in [-0.25, -0.2) is 0 Å². The van der Waals surface area contributed by atoms with Crippen molar-refractivity contribution in [2.75, 3.05) is 19.7 Å². The van der Waals surface area contributed by atoms with Crippen molar-refractivity contribution in [1.29, 1.82) is 0 Å². The van der Waals surface area contributed by atoms with E-state index in [0.29, 0.717) is 26.1 Å². The summed E-state index contributed by atoms with van der Waals surface area (Å²) in [6, 6.07) is 0.102. The number of esters is 1. The standard InChI is InChI=1S/C16H28N2O4/c1-3-5-6-15(20)18-11-9-13(10-12-18)17-14(19)7-8-16(21)22-4-2/h13H,3-12H2,1-2H3,(H,17,19). The van der Waals surface area contributed by atoms with E-state index in [9.17, 15) is 14.4 Å². The maximum absolute atomic E-state index is 11.9. The number of carbonyl (C=O) groups excluding carboxylic acids is 3. The van der Waals surface area contributed by atoms with E-state index in [2.05, 4.69) is 12.2 Å². The van der Waals surface area contributed by atoms with Crippen LogP contribution >= 0.6 is 0 Å². The average Bonchev–Trinajstić information content (AvgIpc) is 2.51. The lowest BCUT2D eigenvalue weighted by Gasteiger charge is -2.32. The van der Waals surface area contributed by atoms with Gasteiger partial charge >= 0.3 is 5.97 Å². The number of hydrogen-bond donors (Lipinski definition) is 1. The van der Waals surface area contributed by atoms with E-state index in [1.165, 1.54) is 0 Å². The van der Waals surface area contributed by atoms with Crippen molar-refractivity contribution in [3.8, 4) is 0 Å². The average molecular weight is 312 g/mol. The molecule has 1 aliphatic heterocycles. The Hall–Kier alpha value is -1.59. The number of rotatable bonds is 8. The molecular weight excluding hydrogens is 284 g/mol. The van der Waals surface area contributed by atoms with Crippen LogP contribution in [-0.2, 0) is 19.1 Å². The largest absolute Gasteiger partial charge is 0.466 e. The number of piperidine rings is 1. The van der Waals surface area contributed by atoms with Gasteiger partial charge in [-0.15, -0.1) is 0 Å². The molecule has 0 saturated carbocycles. The minimum absolute atomic E-state index is 0.102. The van der Waals surface area contributed by atoms with Gasteiger partial charge < -0.3 is 15.0 Å². The van der Waals surface area contributed by atoms with Crippen LogP contribution in [0, 0.1) is 0 Å². The Morgan fingerprint density at radius 1 is 1.09 bits per heavy atom. The van der Waals surface area contributed by atoms with Gasteiger partial charge in [0.15, 0.2) is 0 Å². The monoisotopic (exact) mass is 312 g/mol. The van der Waals surface area contributed by atoms with E-state index in [1.807, 2.05) is 4.90 Å². The van der Waals surface area contributed by atoms with Crippen molar-refractivity contribution in [2.24, 2.45) is 0 Å². The number of likely N-dealkylation sites (tertiary alicyclic amines) is 1. The molecule has 22 heavy (non-hydrogen) atoms. The van der Waals surface area contributed by atoms with Crippen LogP contribution < -0.4 is 5.32 Å². The zero-order valence-electron chi connectivity index (χ0n) is 13.7. The van der Waals surface area contributed by atoms with Crippen molar-refractivity contribution >= 4 is 17.8 Å². The molecule has 1 aliphatic rings. The van der Waals surface area contributed by atoms with E-state index in [-0.39, 0.29) is 36.7 Å². The van der Waals surface area contributed by atoms with Crippen LogP contribution in [0.5, 0.6) is 0 Å². The van der Waals surface area contributed by atoms with Crippen LogP contribution in [0.1, 0.15) is 58.8 Å². The Labute approximate surface area is 132 Å². The summed E-state index contributed by atoms with van der Waals surface area (Å²) in [5, 5.41) is 2.93. The Morgan fingerprint density at radius 3 is 2.36 bits per heavy atom. The number of amides is 2. The van der Waals surface area contributed by atoms with Crippen molar-refractivity contribution < 1.29 is 19.1 Å². The van der Waals surface area contributed by atoms with E-state index >= 15 is 0 Å². The molecule has 1 saturated heterocycles. The lowest BCUT2D eigenvalue weighted by atomic mass is 10.0. The highest BCUT2D eigenvalue weighted by Gasteiger charge is 2.23. The van der Waals surface area contributed by atoms with E-state index in [1.54, 1.807) is 6.92 Å². The first-order valence-corrected chi connectivity index (χ1v) is 8.29. The molecule has 1 rings (SSSR count). The fraction of sp³-hybridized carbons (Fsp3) is 0.812. The lowest BCUT2D eigenvalue weighted by molar-refractivity contribution is -0.144. The molecule has 6 heteroatoms. The molecule has 1 N–H and O–H groups in total. The van der Waals surface area contributed by atoms with Crippen molar-refractivity contribution in [1.82, 2.24) is 10.2 Å². The first-order valence-electron chi connectivity index (χ1n) is 8.29. The molecule has 0 aliphatic carbocycles. The first kappa shape index (κ1) is 18.5. The summed E-state index contributed by atoms with van der Waals surface area (Å²) >= 11 is 0. The summed E-state index contributed by atoms with van der Waals surface area (Å²) in [5.74, 6) is -0.244. The SMILES string of the molecule is CCCCC(=O)N1CCC(NC(=O)CCC(=O)OCC)CC1. The Balaban J connectivity index is 2.20. The summed E-state index contributed by atoms with van der Waals surface area (Å²) in [5.41, 5.74) is 0. The number of nitrogens with zero attached hydrogens (tertiary/aromatic N) is 1. The number of ether oxygens (including phenoxy) is 1. The third kappa shape index (κ3) is 6.91. The minimum atomic E-state index is -0.339. The van der Waals surface area contributed by atoms with Gasteiger partial charge in [-0.05, 0) is 26.2 Å². The van der Waals surface area contributed by atoms with E-state index in [0.717, 1.165) is 25.7 Å². The van der Waals surface area contributed by atoms with Crippen LogP contribution in [0.4, 0.5) is 0 Å². The van der Waals surface area contributed by atoms with Gasteiger partial charge in [0.2, 0.25) is 11.8 Å². The van der Waals surface area contributed by atoms with Crippen molar-refractivity contribution in [2.45, 2.75) is 64.8 Å². The second-order valence-corrected chi connectivity index (χ2v) is 5.63. The fourth-order valence-electron chi connectivity index (χ4n) is 2.51. The van der Waals surface area contributed by atoms with Crippen LogP contribution in [0.15, 0.2) is 0 Å². The van der Waals surface area contributed by atoms with Crippen LogP contribution in [0.3, 0.4) is 0 Å². The maximum Gasteiger partial charge on any atom is 0.306 e. The number of carbonyl (C=O) groups is 3. The molecule has 0 aromatic rings. The van der Waals surface area contributed by atoms with Crippen molar-refractivity contribution in [3.05, 3.63) is 0 Å². The fourth-order valence-corrected chi connectivity index (χ4v) is 2.51. The first-order chi connectivity index (χ1) is 10.6. The maximum atomic E-state index is 11.9. The number of unbranched alkanes of at least 4 members (excludes halogenated alkanes) is 1. The zero-order valence-corrected chi connectivity index (χ0v) is 13.7. The van der Waals surface area contributed by atoms with Gasteiger partial charge in [0, 0.05) is 32.0 Å². The molecule has 0 spiro atoms. The third-order valence-corrected chi connectivity index (χ3v) is 3.82. The Bertz CT molecular complexity index is 376. The van der Waals surface area contributed by atoms with Crippen LogP contribution in [-0.4, -0.2) is 48.4 Å². The van der Waals surface area contributed by atoms with Crippen LogP contribution in [0.2, 0.25) is 0 Å². The molecule has 1 heterocycles. The van der Waals surface area contributed by atoms with Crippen LogP contribution in [0.25, 0.3) is 0 Å². The summed E-state index contributed by atoms with van der Waals surface area (Å²) < 4.78 is 4.79. The highest BCUT2D eigenvalue weighted by molar-refractivity contribution is 5.81. The summed E-state index contributed by atoms with van der Waals surface area (Å²) in [6.45, 7) is 5.56. The normalized spacial score (nSPS) is 15.5. The van der Waals surface area contributed by atoms with Gasteiger partial charge in [0.05, 0.1) is 13.0 Å². The molecule has 1 fully saturated rings. The lowest BCUT2D eigenvalue weighted by Crippen LogP contribution is -2.46. The quantitative estimate of drug-likeness (QED) is 0.691. The summed E-state index contributed by atoms with van der Waals surface area (Å²) in [6.07, 6.45) is 4.42. The Morgan fingerprint density at radius 2 is 1.77 bits per heavy atom. The molecule has 0 unspecified atom stereocenters. The number of nitrogens with one attached hydrogen (secondary N) is 1. The zero-order chi connectivity index (χ0) is 16.4. The van der Waals surface area contributed by atoms with E-state index in [4.69, 9.17) is 4.74 Å². The molecule has 0 aromatic carbocycles. The topological polar surface area (TPSA) is 75.7 Å². The van der Waals surface area contributed by atoms with Gasteiger partial charge in [0.25, 0.3) is 0 Å². The molecule has 6 nitrogen and oxygen atoms in total. The summed E-state index contributed by atoms with van der Waals surface area (Å²) in [7, 11) is 0. The molecule has 0 atom stereocenters. The molecule has 0 aromatic heterocycles. The molecule has 0 radical (unpaired) electrons.